The number of ether oxygens (including phenoxy) is 2. The first-order valence-corrected chi connectivity index (χ1v) is 12.0. The summed E-state index contributed by atoms with van der Waals surface area (Å²) < 4.78 is 11.6. The highest BCUT2D eigenvalue weighted by molar-refractivity contribution is 5.41. The van der Waals surface area contributed by atoms with Crippen LogP contribution in [0, 0.1) is 17.8 Å². The van der Waals surface area contributed by atoms with Gasteiger partial charge < -0.3 is 20.3 Å². The zero-order chi connectivity index (χ0) is 22.0. The molecule has 0 heterocycles. The number of aryl methyl sites for hydroxylation is 1. The zero-order valence-corrected chi connectivity index (χ0v) is 19.8. The van der Waals surface area contributed by atoms with Crippen LogP contribution in [-0.2, 0) is 6.42 Å². The third kappa shape index (κ3) is 9.26. The van der Waals surface area contributed by atoms with Crippen LogP contribution in [0.25, 0.3) is 0 Å². The summed E-state index contributed by atoms with van der Waals surface area (Å²) >= 11 is 0. The molecule has 1 aliphatic rings. The van der Waals surface area contributed by atoms with E-state index in [-0.39, 0.29) is 6.61 Å². The first kappa shape index (κ1) is 25.0. The second-order valence-electron chi connectivity index (χ2n) is 10.1. The smallest absolute Gasteiger partial charge is 0.125 e. The first-order valence-electron chi connectivity index (χ1n) is 12.0. The van der Waals surface area contributed by atoms with Gasteiger partial charge >= 0.3 is 0 Å². The lowest BCUT2D eigenvalue weighted by Gasteiger charge is -2.27. The summed E-state index contributed by atoms with van der Waals surface area (Å²) in [6, 6.07) is 6.10. The van der Waals surface area contributed by atoms with Crippen molar-refractivity contribution in [1.82, 2.24) is 0 Å². The largest absolute Gasteiger partial charge is 0.496 e. The Hall–Kier alpha value is -1.26. The summed E-state index contributed by atoms with van der Waals surface area (Å²) in [6.07, 6.45) is 11.3. The number of hydrogen-bond acceptors (Lipinski definition) is 4. The molecule has 1 fully saturated rings. The molecule has 172 valence electrons. The van der Waals surface area contributed by atoms with Crippen LogP contribution in [-0.4, -0.2) is 31.0 Å². The molecule has 4 nitrogen and oxygen atoms in total. The van der Waals surface area contributed by atoms with Crippen LogP contribution in [0.4, 0.5) is 0 Å². The van der Waals surface area contributed by atoms with Crippen molar-refractivity contribution >= 4 is 0 Å². The fraction of sp³-hybridized carbons (Fsp3) is 0.769. The van der Waals surface area contributed by atoms with Gasteiger partial charge in [0.1, 0.15) is 11.5 Å². The Bertz CT molecular complexity index is 614. The Morgan fingerprint density at radius 2 is 1.87 bits per heavy atom. The molecule has 0 saturated heterocycles. The van der Waals surface area contributed by atoms with Gasteiger partial charge in [0, 0.05) is 11.6 Å². The van der Waals surface area contributed by atoms with E-state index in [0.717, 1.165) is 61.2 Å². The van der Waals surface area contributed by atoms with Crippen LogP contribution >= 0.6 is 0 Å². The number of aliphatic hydroxyl groups excluding tert-OH is 1. The Labute approximate surface area is 184 Å². The molecular weight excluding hydrogens is 374 g/mol. The van der Waals surface area contributed by atoms with Gasteiger partial charge in [0.2, 0.25) is 0 Å². The van der Waals surface area contributed by atoms with Gasteiger partial charge in [-0.2, -0.15) is 0 Å². The average molecular weight is 420 g/mol. The molecule has 3 N–H and O–H groups in total. The zero-order valence-electron chi connectivity index (χ0n) is 19.8. The summed E-state index contributed by atoms with van der Waals surface area (Å²) in [7, 11) is 1.70. The number of aliphatic hydroxyl groups is 1. The number of benzene rings is 1. The number of methoxy groups -OCH3 is 1. The minimum absolute atomic E-state index is 0.0445. The van der Waals surface area contributed by atoms with E-state index in [1.54, 1.807) is 7.11 Å². The van der Waals surface area contributed by atoms with E-state index in [1.165, 1.54) is 38.5 Å². The maximum atomic E-state index is 9.77. The lowest BCUT2D eigenvalue weighted by molar-refractivity contribution is 0.172. The number of nitrogens with two attached hydrogens (primary N) is 1. The molecule has 2 atom stereocenters. The Morgan fingerprint density at radius 1 is 1.13 bits per heavy atom. The van der Waals surface area contributed by atoms with Gasteiger partial charge in [0.25, 0.3) is 0 Å². The molecular formula is C26H45NO3. The number of rotatable bonds is 16. The minimum atomic E-state index is -0.479. The summed E-state index contributed by atoms with van der Waals surface area (Å²) in [5, 5.41) is 9.77. The highest BCUT2D eigenvalue weighted by Gasteiger charge is 2.33. The minimum Gasteiger partial charge on any atom is -0.496 e. The third-order valence-electron chi connectivity index (χ3n) is 6.45. The van der Waals surface area contributed by atoms with Crippen molar-refractivity contribution in [3.8, 4) is 11.5 Å². The van der Waals surface area contributed by atoms with E-state index in [2.05, 4.69) is 26.8 Å². The van der Waals surface area contributed by atoms with Crippen LogP contribution < -0.4 is 15.2 Å². The van der Waals surface area contributed by atoms with Crippen molar-refractivity contribution in [1.29, 1.82) is 0 Å². The van der Waals surface area contributed by atoms with Crippen molar-refractivity contribution in [3.63, 3.8) is 0 Å². The van der Waals surface area contributed by atoms with E-state index < -0.39 is 5.54 Å². The van der Waals surface area contributed by atoms with Crippen molar-refractivity contribution in [2.75, 3.05) is 20.3 Å². The molecule has 0 amide bonds. The summed E-state index contributed by atoms with van der Waals surface area (Å²) in [5.74, 6) is 3.99. The van der Waals surface area contributed by atoms with Crippen molar-refractivity contribution in [3.05, 3.63) is 23.8 Å². The topological polar surface area (TPSA) is 64.7 Å². The lowest BCUT2D eigenvalue weighted by atomic mass is 9.87. The average Bonchev–Trinajstić information content (AvgIpc) is 3.53. The first-order chi connectivity index (χ1) is 14.3. The maximum Gasteiger partial charge on any atom is 0.125 e. The second-order valence-corrected chi connectivity index (χ2v) is 10.1. The van der Waals surface area contributed by atoms with Gasteiger partial charge in [-0.3, -0.25) is 0 Å². The molecule has 0 aliphatic heterocycles. The third-order valence-corrected chi connectivity index (χ3v) is 6.45. The Morgan fingerprint density at radius 3 is 2.50 bits per heavy atom. The Kier molecular flexibility index (Phi) is 10.5. The number of hydrogen-bond donors (Lipinski definition) is 2. The molecule has 1 aromatic rings. The predicted molar refractivity (Wildman–Crippen MR) is 125 cm³/mol. The highest BCUT2D eigenvalue weighted by atomic mass is 16.5. The molecule has 4 heteroatoms. The van der Waals surface area contributed by atoms with Gasteiger partial charge in [-0.05, 0) is 61.5 Å². The van der Waals surface area contributed by atoms with E-state index in [0.29, 0.717) is 5.92 Å². The van der Waals surface area contributed by atoms with Gasteiger partial charge in [0.05, 0.1) is 20.3 Å². The van der Waals surface area contributed by atoms with E-state index >= 15 is 0 Å². The van der Waals surface area contributed by atoms with Crippen LogP contribution in [0.2, 0.25) is 0 Å². The fourth-order valence-electron chi connectivity index (χ4n) is 4.19. The van der Waals surface area contributed by atoms with E-state index in [1.807, 2.05) is 12.1 Å². The van der Waals surface area contributed by atoms with Crippen LogP contribution in [0.15, 0.2) is 18.2 Å². The van der Waals surface area contributed by atoms with Crippen LogP contribution in [0.1, 0.15) is 84.1 Å². The molecule has 0 radical (unpaired) electrons. The molecule has 0 bridgehead atoms. The van der Waals surface area contributed by atoms with Crippen molar-refractivity contribution < 1.29 is 14.6 Å². The van der Waals surface area contributed by atoms with Crippen molar-refractivity contribution in [2.45, 2.75) is 90.5 Å². The maximum absolute atomic E-state index is 9.77. The van der Waals surface area contributed by atoms with Crippen LogP contribution in [0.5, 0.6) is 11.5 Å². The SMILES string of the molecule is COc1cc(OCCCC(C)CCCC(C)C)ccc1CCC(N)(CO)CC1CC1. The molecule has 0 aromatic heterocycles. The van der Waals surface area contributed by atoms with E-state index in [9.17, 15) is 5.11 Å². The quantitative estimate of drug-likeness (QED) is 0.335. The summed E-state index contributed by atoms with van der Waals surface area (Å²) in [6.45, 7) is 7.74. The van der Waals surface area contributed by atoms with Crippen molar-refractivity contribution in [2.24, 2.45) is 23.5 Å². The van der Waals surface area contributed by atoms with E-state index in [4.69, 9.17) is 15.2 Å². The van der Waals surface area contributed by atoms with Crippen LogP contribution in [0.3, 0.4) is 0 Å². The highest BCUT2D eigenvalue weighted by Crippen LogP contribution is 2.37. The van der Waals surface area contributed by atoms with Gasteiger partial charge in [-0.1, -0.05) is 58.9 Å². The molecule has 1 aliphatic carbocycles. The molecule has 1 saturated carbocycles. The fourth-order valence-corrected chi connectivity index (χ4v) is 4.19. The Balaban J connectivity index is 1.75. The monoisotopic (exact) mass is 419 g/mol. The predicted octanol–water partition coefficient (Wildman–Crippen LogP) is 5.74. The summed E-state index contributed by atoms with van der Waals surface area (Å²) in [4.78, 5) is 0. The molecule has 30 heavy (non-hydrogen) atoms. The standard InChI is InChI=1S/C26H45NO3/c1-20(2)7-5-8-21(3)9-6-16-30-24-13-12-23(25(17-24)29-4)14-15-26(27,19-28)18-22-10-11-22/h12-13,17,20-22,28H,5-11,14-16,18-19,27H2,1-4H3. The lowest BCUT2D eigenvalue weighted by Crippen LogP contribution is -2.44. The normalized spacial score (nSPS) is 17.0. The molecule has 1 aromatic carbocycles. The summed E-state index contributed by atoms with van der Waals surface area (Å²) in [5.41, 5.74) is 7.09. The van der Waals surface area contributed by atoms with Gasteiger partial charge in [-0.15, -0.1) is 0 Å². The van der Waals surface area contributed by atoms with Gasteiger partial charge in [-0.25, -0.2) is 0 Å². The molecule has 2 rings (SSSR count). The molecule has 2 unspecified atom stereocenters. The molecule has 0 spiro atoms. The van der Waals surface area contributed by atoms with Gasteiger partial charge in [0.15, 0.2) is 0 Å². The second kappa shape index (κ2) is 12.6.